The minimum Gasteiger partial charge on any atom is -0.464 e. The van der Waals surface area contributed by atoms with Crippen LogP contribution in [0.15, 0.2) is 12.1 Å². The van der Waals surface area contributed by atoms with Crippen LogP contribution in [0.25, 0.3) is 0 Å². The van der Waals surface area contributed by atoms with E-state index in [2.05, 4.69) is 33.7 Å². The van der Waals surface area contributed by atoms with E-state index < -0.39 is 5.97 Å². The van der Waals surface area contributed by atoms with Gasteiger partial charge in [0, 0.05) is 13.1 Å². The number of morpholine rings is 1. The molecule has 1 aliphatic heterocycles. The van der Waals surface area contributed by atoms with Gasteiger partial charge in [0.1, 0.15) is 0 Å². The van der Waals surface area contributed by atoms with E-state index in [0.29, 0.717) is 5.92 Å². The van der Waals surface area contributed by atoms with E-state index in [0.717, 1.165) is 31.2 Å². The van der Waals surface area contributed by atoms with Gasteiger partial charge >= 0.3 is 5.97 Å². The lowest BCUT2D eigenvalue weighted by atomic mass is 9.81. The molecule has 3 aliphatic rings. The smallest absolute Gasteiger partial charge is 0.358 e. The molecule has 6 nitrogen and oxygen atoms in total. The summed E-state index contributed by atoms with van der Waals surface area (Å²) in [4.78, 5) is 13.8. The molecule has 4 rings (SSSR count). The first kappa shape index (κ1) is 15.8. The molecule has 0 aromatic carbocycles. The van der Waals surface area contributed by atoms with E-state index in [1.807, 2.05) is 6.07 Å². The summed E-state index contributed by atoms with van der Waals surface area (Å²) in [5, 5.41) is 8.30. The fourth-order valence-corrected chi connectivity index (χ4v) is 5.03. The molecule has 0 amide bonds. The van der Waals surface area contributed by atoms with E-state index in [9.17, 15) is 4.79 Å². The number of rotatable bonds is 2. The molecular formula is C18H25N3O3. The van der Waals surface area contributed by atoms with Gasteiger partial charge in [-0.25, -0.2) is 4.79 Å². The highest BCUT2D eigenvalue weighted by Crippen LogP contribution is 2.55. The minimum absolute atomic E-state index is 0.0482. The summed E-state index contributed by atoms with van der Waals surface area (Å²) < 4.78 is 11.3. The van der Waals surface area contributed by atoms with Gasteiger partial charge in [-0.2, -0.15) is 0 Å². The molecule has 3 atom stereocenters. The monoisotopic (exact) mass is 331 g/mol. The predicted octanol–water partition coefficient (Wildman–Crippen LogP) is 2.44. The van der Waals surface area contributed by atoms with Gasteiger partial charge in [-0.1, -0.05) is 0 Å². The van der Waals surface area contributed by atoms with E-state index >= 15 is 0 Å². The number of carbonyl (C=O) groups is 1. The van der Waals surface area contributed by atoms with Crippen LogP contribution in [0.1, 0.15) is 50.0 Å². The maximum absolute atomic E-state index is 11.5. The molecule has 2 saturated carbocycles. The Morgan fingerprint density at radius 2 is 2.12 bits per heavy atom. The molecule has 6 heteroatoms. The van der Waals surface area contributed by atoms with Gasteiger partial charge < -0.3 is 14.4 Å². The number of esters is 1. The predicted molar refractivity (Wildman–Crippen MR) is 88.9 cm³/mol. The van der Waals surface area contributed by atoms with Crippen LogP contribution in [0.5, 0.6) is 0 Å². The molecule has 24 heavy (non-hydrogen) atoms. The molecule has 3 fully saturated rings. The average Bonchev–Trinajstić information content (AvgIpc) is 3.13. The standard InChI is InChI=1S/C18H25N3O3/c1-17(2)10-21(15-7-6-14(19-20-15)16(22)23-3)11-18(24-17)9-12-4-5-13(18)8-12/h6-7,12-13H,4-5,8-11H2,1-3H3/t12-,13+,18+/m1/s1. The highest BCUT2D eigenvalue weighted by Gasteiger charge is 2.57. The third-order valence-corrected chi connectivity index (χ3v) is 5.80. The fraction of sp³-hybridized carbons (Fsp3) is 0.722. The second kappa shape index (κ2) is 5.41. The van der Waals surface area contributed by atoms with Crippen molar-refractivity contribution in [3.05, 3.63) is 17.8 Å². The number of methoxy groups -OCH3 is 1. The van der Waals surface area contributed by atoms with Gasteiger partial charge in [-0.15, -0.1) is 10.2 Å². The largest absolute Gasteiger partial charge is 0.464 e. The first-order valence-corrected chi connectivity index (χ1v) is 8.78. The Labute approximate surface area is 142 Å². The van der Waals surface area contributed by atoms with Crippen LogP contribution >= 0.6 is 0 Å². The van der Waals surface area contributed by atoms with Gasteiger partial charge in [0.15, 0.2) is 11.5 Å². The third-order valence-electron chi connectivity index (χ3n) is 5.80. The summed E-state index contributed by atoms with van der Waals surface area (Å²) in [6, 6.07) is 3.55. The zero-order chi connectivity index (χ0) is 16.9. The van der Waals surface area contributed by atoms with Gasteiger partial charge in [-0.3, -0.25) is 0 Å². The number of hydrogen-bond acceptors (Lipinski definition) is 6. The Balaban J connectivity index is 1.59. The van der Waals surface area contributed by atoms with E-state index in [-0.39, 0.29) is 16.9 Å². The average molecular weight is 331 g/mol. The molecule has 2 heterocycles. The van der Waals surface area contributed by atoms with Crippen molar-refractivity contribution < 1.29 is 14.3 Å². The Hall–Kier alpha value is -1.69. The zero-order valence-corrected chi connectivity index (χ0v) is 14.6. The molecule has 1 aromatic rings. The maximum atomic E-state index is 11.5. The molecule has 0 radical (unpaired) electrons. The molecule has 0 unspecified atom stereocenters. The highest BCUT2D eigenvalue weighted by atomic mass is 16.5. The minimum atomic E-state index is -0.457. The summed E-state index contributed by atoms with van der Waals surface area (Å²) in [5.74, 6) is 1.83. The van der Waals surface area contributed by atoms with Gasteiger partial charge in [-0.05, 0) is 63.5 Å². The lowest BCUT2D eigenvalue weighted by molar-refractivity contribution is -0.175. The molecule has 2 bridgehead atoms. The van der Waals surface area contributed by atoms with Crippen molar-refractivity contribution in [1.82, 2.24) is 10.2 Å². The topological polar surface area (TPSA) is 64.5 Å². The van der Waals surface area contributed by atoms with Crippen LogP contribution in [-0.2, 0) is 9.47 Å². The molecule has 130 valence electrons. The fourth-order valence-electron chi connectivity index (χ4n) is 5.03. The van der Waals surface area contributed by atoms with Crippen molar-refractivity contribution in [3.8, 4) is 0 Å². The van der Waals surface area contributed by atoms with Crippen LogP contribution in [-0.4, -0.2) is 47.6 Å². The first-order chi connectivity index (χ1) is 11.4. The van der Waals surface area contributed by atoms with E-state index in [1.54, 1.807) is 6.07 Å². The SMILES string of the molecule is COC(=O)c1ccc(N2CC(C)(C)O[C@@]3(C[C@@H]4CC[C@H]3C4)C2)nn1. The number of carbonyl (C=O) groups excluding carboxylic acids is 1. The van der Waals surface area contributed by atoms with Gasteiger partial charge in [0.05, 0.1) is 18.3 Å². The van der Waals surface area contributed by atoms with Crippen LogP contribution in [0.2, 0.25) is 0 Å². The number of ether oxygens (including phenoxy) is 2. The Morgan fingerprint density at radius 3 is 2.71 bits per heavy atom. The van der Waals surface area contributed by atoms with Crippen molar-refractivity contribution in [2.24, 2.45) is 11.8 Å². The van der Waals surface area contributed by atoms with Crippen molar-refractivity contribution in [2.75, 3.05) is 25.1 Å². The van der Waals surface area contributed by atoms with Crippen molar-refractivity contribution in [2.45, 2.75) is 50.7 Å². The summed E-state index contributed by atoms with van der Waals surface area (Å²) in [6.45, 7) is 5.95. The van der Waals surface area contributed by atoms with E-state index in [4.69, 9.17) is 4.74 Å². The van der Waals surface area contributed by atoms with Gasteiger partial charge in [0.2, 0.25) is 0 Å². The Morgan fingerprint density at radius 1 is 1.29 bits per heavy atom. The number of anilines is 1. The number of nitrogens with zero attached hydrogens (tertiary/aromatic N) is 3. The highest BCUT2D eigenvalue weighted by molar-refractivity contribution is 5.86. The van der Waals surface area contributed by atoms with Crippen LogP contribution < -0.4 is 4.90 Å². The van der Waals surface area contributed by atoms with E-state index in [1.165, 1.54) is 26.4 Å². The Kier molecular flexibility index (Phi) is 3.56. The zero-order valence-electron chi connectivity index (χ0n) is 14.6. The van der Waals surface area contributed by atoms with Gasteiger partial charge in [0.25, 0.3) is 0 Å². The molecule has 1 aromatic heterocycles. The quantitative estimate of drug-likeness (QED) is 0.776. The van der Waals surface area contributed by atoms with Crippen molar-refractivity contribution >= 4 is 11.8 Å². The number of aromatic nitrogens is 2. The molecule has 2 aliphatic carbocycles. The lowest BCUT2D eigenvalue weighted by Crippen LogP contribution is -2.62. The summed E-state index contributed by atoms with van der Waals surface area (Å²) in [6.07, 6.45) is 5.09. The van der Waals surface area contributed by atoms with Crippen molar-refractivity contribution in [1.29, 1.82) is 0 Å². The molecule has 1 saturated heterocycles. The van der Waals surface area contributed by atoms with Crippen LogP contribution in [0.3, 0.4) is 0 Å². The first-order valence-electron chi connectivity index (χ1n) is 8.78. The lowest BCUT2D eigenvalue weighted by Gasteiger charge is -2.52. The summed E-state index contributed by atoms with van der Waals surface area (Å²) in [5.41, 5.74) is -0.0258. The molecular weight excluding hydrogens is 306 g/mol. The second-order valence-electron chi connectivity index (χ2n) is 8.13. The second-order valence-corrected chi connectivity index (χ2v) is 8.13. The molecule has 0 N–H and O–H groups in total. The third kappa shape index (κ3) is 2.57. The molecule has 1 spiro atoms. The normalized spacial score (nSPS) is 33.9. The number of fused-ring (bicyclic) bond motifs is 3. The van der Waals surface area contributed by atoms with Crippen LogP contribution in [0.4, 0.5) is 5.82 Å². The van der Waals surface area contributed by atoms with Crippen molar-refractivity contribution in [3.63, 3.8) is 0 Å². The summed E-state index contributed by atoms with van der Waals surface area (Å²) >= 11 is 0. The maximum Gasteiger partial charge on any atom is 0.358 e. The number of hydrogen-bond donors (Lipinski definition) is 0. The summed E-state index contributed by atoms with van der Waals surface area (Å²) in [7, 11) is 1.35. The van der Waals surface area contributed by atoms with Crippen LogP contribution in [0, 0.1) is 11.8 Å². The Bertz CT molecular complexity index is 645.